The smallest absolute Gasteiger partial charge is 0.255 e. The second kappa shape index (κ2) is 6.75. The van der Waals surface area contributed by atoms with E-state index in [0.29, 0.717) is 12.6 Å². The van der Waals surface area contributed by atoms with Crippen molar-refractivity contribution >= 4 is 0 Å². The molecule has 2 rings (SSSR count). The van der Waals surface area contributed by atoms with Gasteiger partial charge in [0.2, 0.25) is 0 Å². The average Bonchev–Trinajstić information content (AvgIpc) is 2.44. The van der Waals surface area contributed by atoms with E-state index in [1.54, 1.807) is 0 Å². The number of aromatic nitrogens is 1. The van der Waals surface area contributed by atoms with Crippen molar-refractivity contribution in [3.63, 3.8) is 0 Å². The normalized spacial score (nSPS) is 15.8. The number of pyridine rings is 1. The van der Waals surface area contributed by atoms with Gasteiger partial charge in [-0.15, -0.1) is 0 Å². The van der Waals surface area contributed by atoms with E-state index in [-0.39, 0.29) is 11.6 Å². The van der Waals surface area contributed by atoms with E-state index in [2.05, 4.69) is 50.9 Å². The number of rotatable bonds is 5. The maximum atomic E-state index is 12.8. The van der Waals surface area contributed by atoms with Crippen molar-refractivity contribution in [2.24, 2.45) is 0 Å². The maximum Gasteiger partial charge on any atom is 0.255 e. The predicted octanol–water partition coefficient (Wildman–Crippen LogP) is 2.31. The molecule has 1 N–H and O–H groups in total. The van der Waals surface area contributed by atoms with Gasteiger partial charge in [0, 0.05) is 49.4 Å². The van der Waals surface area contributed by atoms with Gasteiger partial charge in [0.15, 0.2) is 0 Å². The fraction of sp³-hybridized carbons (Fsp3) is 0.706. The summed E-state index contributed by atoms with van der Waals surface area (Å²) in [5.41, 5.74) is 3.65. The molecular weight excluding hydrogens is 262 g/mol. The summed E-state index contributed by atoms with van der Waals surface area (Å²) >= 11 is 0. The number of nitrogens with one attached hydrogen (secondary N) is 1. The molecular formula is C17H29N3O. The van der Waals surface area contributed by atoms with Gasteiger partial charge in [-0.05, 0) is 32.0 Å². The molecule has 1 aliphatic heterocycles. The first-order chi connectivity index (χ1) is 9.93. The molecule has 0 amide bonds. The van der Waals surface area contributed by atoms with Crippen molar-refractivity contribution in [2.75, 3.05) is 13.1 Å². The van der Waals surface area contributed by atoms with E-state index in [0.717, 1.165) is 31.6 Å². The maximum absolute atomic E-state index is 12.8. The number of likely N-dealkylation sites (N-methyl/N-ethyl adjacent to an activating group) is 1. The number of nitrogens with zero attached hydrogens (tertiary/aromatic N) is 2. The molecule has 0 aliphatic carbocycles. The van der Waals surface area contributed by atoms with Crippen LogP contribution in [0.15, 0.2) is 10.9 Å². The molecule has 1 aromatic heterocycles. The Hall–Kier alpha value is -1.13. The molecule has 0 saturated heterocycles. The summed E-state index contributed by atoms with van der Waals surface area (Å²) in [5, 5.41) is 3.37. The predicted molar refractivity (Wildman–Crippen MR) is 87.7 cm³/mol. The molecule has 0 spiro atoms. The summed E-state index contributed by atoms with van der Waals surface area (Å²) in [6, 6.07) is 2.74. The number of hydrogen-bond donors (Lipinski definition) is 1. The zero-order chi connectivity index (χ0) is 15.6. The first kappa shape index (κ1) is 16.2. The lowest BCUT2D eigenvalue weighted by Crippen LogP contribution is -2.38. The van der Waals surface area contributed by atoms with Crippen LogP contribution in [0.4, 0.5) is 0 Å². The van der Waals surface area contributed by atoms with Gasteiger partial charge in [0.25, 0.3) is 5.56 Å². The lowest BCUT2D eigenvalue weighted by molar-refractivity contribution is 0.260. The highest BCUT2D eigenvalue weighted by molar-refractivity contribution is 5.29. The van der Waals surface area contributed by atoms with Crippen LogP contribution in [0.5, 0.6) is 0 Å². The van der Waals surface area contributed by atoms with Crippen molar-refractivity contribution in [1.29, 1.82) is 0 Å². The molecule has 0 unspecified atom stereocenters. The molecule has 118 valence electrons. The van der Waals surface area contributed by atoms with Crippen LogP contribution in [-0.2, 0) is 19.5 Å². The molecule has 0 aromatic carbocycles. The fourth-order valence-electron chi connectivity index (χ4n) is 3.05. The molecule has 1 aliphatic rings. The highest BCUT2D eigenvalue weighted by Crippen LogP contribution is 2.21. The molecule has 2 heterocycles. The molecule has 0 fully saturated rings. The third-order valence-electron chi connectivity index (χ3n) is 4.23. The van der Waals surface area contributed by atoms with Gasteiger partial charge < -0.3 is 9.88 Å². The van der Waals surface area contributed by atoms with Crippen LogP contribution in [0.1, 0.15) is 57.5 Å². The Kier molecular flexibility index (Phi) is 5.22. The Bertz CT molecular complexity index is 546. The highest BCUT2D eigenvalue weighted by atomic mass is 16.1. The Morgan fingerprint density at radius 3 is 2.57 bits per heavy atom. The molecule has 0 bridgehead atoms. The standard InChI is InChI=1S/C17H29N3O/c1-6-19-8-7-16-15(11-19)9-14(10-18-12(2)3)17(21)20(16)13(4)5/h9,12-13,18H,6-8,10-11H2,1-5H3. The molecule has 1 aromatic rings. The van der Waals surface area contributed by atoms with Crippen LogP contribution >= 0.6 is 0 Å². The van der Waals surface area contributed by atoms with Crippen molar-refractivity contribution in [2.45, 2.75) is 66.2 Å². The molecule has 4 nitrogen and oxygen atoms in total. The van der Waals surface area contributed by atoms with Gasteiger partial charge in [-0.25, -0.2) is 0 Å². The molecule has 0 saturated carbocycles. The van der Waals surface area contributed by atoms with E-state index in [9.17, 15) is 4.79 Å². The van der Waals surface area contributed by atoms with Gasteiger partial charge in [0.1, 0.15) is 0 Å². The minimum atomic E-state index is 0.182. The second-order valence-electron chi connectivity index (χ2n) is 6.56. The van der Waals surface area contributed by atoms with E-state index in [4.69, 9.17) is 0 Å². The highest BCUT2D eigenvalue weighted by Gasteiger charge is 2.22. The fourth-order valence-corrected chi connectivity index (χ4v) is 3.05. The van der Waals surface area contributed by atoms with Gasteiger partial charge >= 0.3 is 0 Å². The lowest BCUT2D eigenvalue weighted by atomic mass is 10.0. The SMILES string of the molecule is CCN1CCc2c(cc(CNC(C)C)c(=O)n2C(C)C)C1. The summed E-state index contributed by atoms with van der Waals surface area (Å²) < 4.78 is 2.01. The first-order valence-electron chi connectivity index (χ1n) is 8.15. The van der Waals surface area contributed by atoms with E-state index in [1.165, 1.54) is 11.3 Å². The summed E-state index contributed by atoms with van der Waals surface area (Å²) in [7, 11) is 0. The van der Waals surface area contributed by atoms with E-state index < -0.39 is 0 Å². The lowest BCUT2D eigenvalue weighted by Gasteiger charge is -2.31. The molecule has 4 heteroatoms. The van der Waals surface area contributed by atoms with Gasteiger partial charge in [-0.2, -0.15) is 0 Å². The minimum Gasteiger partial charge on any atom is -0.310 e. The number of fused-ring (bicyclic) bond motifs is 1. The van der Waals surface area contributed by atoms with Crippen LogP contribution < -0.4 is 10.9 Å². The van der Waals surface area contributed by atoms with Crippen LogP contribution in [0.25, 0.3) is 0 Å². The zero-order valence-corrected chi connectivity index (χ0v) is 14.1. The third kappa shape index (κ3) is 3.55. The van der Waals surface area contributed by atoms with Crippen molar-refractivity contribution in [3.05, 3.63) is 33.2 Å². The van der Waals surface area contributed by atoms with Crippen LogP contribution in [-0.4, -0.2) is 28.6 Å². The van der Waals surface area contributed by atoms with Crippen LogP contribution in [0, 0.1) is 0 Å². The van der Waals surface area contributed by atoms with Crippen molar-refractivity contribution < 1.29 is 0 Å². The van der Waals surface area contributed by atoms with Gasteiger partial charge in [-0.3, -0.25) is 9.69 Å². The Morgan fingerprint density at radius 2 is 2.00 bits per heavy atom. The van der Waals surface area contributed by atoms with Crippen molar-refractivity contribution in [1.82, 2.24) is 14.8 Å². The summed E-state index contributed by atoms with van der Waals surface area (Å²) in [6.07, 6.45) is 0.981. The molecule has 0 radical (unpaired) electrons. The monoisotopic (exact) mass is 291 g/mol. The van der Waals surface area contributed by atoms with Gasteiger partial charge in [0.05, 0.1) is 0 Å². The first-order valence-corrected chi connectivity index (χ1v) is 8.15. The topological polar surface area (TPSA) is 37.3 Å². The minimum absolute atomic E-state index is 0.182. The molecule has 21 heavy (non-hydrogen) atoms. The summed E-state index contributed by atoms with van der Waals surface area (Å²) in [5.74, 6) is 0. The largest absolute Gasteiger partial charge is 0.310 e. The van der Waals surface area contributed by atoms with Crippen LogP contribution in [0.2, 0.25) is 0 Å². The summed E-state index contributed by atoms with van der Waals surface area (Å²) in [6.45, 7) is 14.4. The zero-order valence-electron chi connectivity index (χ0n) is 14.1. The second-order valence-corrected chi connectivity index (χ2v) is 6.56. The van der Waals surface area contributed by atoms with E-state index >= 15 is 0 Å². The molecule has 0 atom stereocenters. The Balaban J connectivity index is 2.44. The van der Waals surface area contributed by atoms with Crippen molar-refractivity contribution in [3.8, 4) is 0 Å². The number of hydrogen-bond acceptors (Lipinski definition) is 3. The Morgan fingerprint density at radius 1 is 1.29 bits per heavy atom. The Labute approximate surface area is 128 Å². The van der Waals surface area contributed by atoms with Crippen LogP contribution in [0.3, 0.4) is 0 Å². The van der Waals surface area contributed by atoms with Gasteiger partial charge in [-0.1, -0.05) is 20.8 Å². The van der Waals surface area contributed by atoms with E-state index in [1.807, 2.05) is 4.57 Å². The third-order valence-corrected chi connectivity index (χ3v) is 4.23. The quantitative estimate of drug-likeness (QED) is 0.904. The summed E-state index contributed by atoms with van der Waals surface area (Å²) in [4.78, 5) is 15.2. The average molecular weight is 291 g/mol.